The summed E-state index contributed by atoms with van der Waals surface area (Å²) in [7, 11) is -2.35. The summed E-state index contributed by atoms with van der Waals surface area (Å²) in [5.41, 5.74) is 1.72. The number of sulfonamides is 1. The topological polar surface area (TPSA) is 79.0 Å². The molecule has 0 spiro atoms. The number of nitrogens with zero attached hydrogens (tertiary/aromatic N) is 2. The zero-order valence-corrected chi connectivity index (χ0v) is 16.4. The molecule has 2 saturated heterocycles. The van der Waals surface area contributed by atoms with Crippen LogP contribution in [0.4, 0.5) is 0 Å². The molecular formula is C18H27N3O4S. The minimum absolute atomic E-state index is 0.207. The molecule has 0 radical (unpaired) electrons. The van der Waals surface area contributed by atoms with Crippen LogP contribution in [0.3, 0.4) is 0 Å². The molecular weight excluding hydrogens is 354 g/mol. The summed E-state index contributed by atoms with van der Waals surface area (Å²) in [6.45, 7) is 8.41. The number of rotatable bonds is 4. The normalized spacial score (nSPS) is 22.5. The highest BCUT2D eigenvalue weighted by Gasteiger charge is 2.36. The van der Waals surface area contributed by atoms with Crippen molar-refractivity contribution in [2.45, 2.75) is 31.2 Å². The molecule has 0 aliphatic carbocycles. The van der Waals surface area contributed by atoms with E-state index in [0.29, 0.717) is 18.7 Å². The molecule has 1 aromatic rings. The van der Waals surface area contributed by atoms with E-state index in [1.165, 1.54) is 13.2 Å². The Morgan fingerprint density at radius 2 is 1.88 bits per heavy atom. The Morgan fingerprint density at radius 3 is 2.54 bits per heavy atom. The molecule has 1 atom stereocenters. The quantitative estimate of drug-likeness (QED) is 0.776. The van der Waals surface area contributed by atoms with Crippen LogP contribution in [0.5, 0.6) is 0 Å². The molecule has 1 N–H and O–H groups in total. The number of esters is 1. The van der Waals surface area contributed by atoms with Gasteiger partial charge in [-0.05, 0) is 43.5 Å². The molecule has 0 aromatic heterocycles. The SMILES string of the molecule is COC(=O)c1cc(C)c(C)c(S(=O)(=O)N2CCC(N3CCNCC3)C2)c1. The third-order valence-corrected chi connectivity index (χ3v) is 7.44. The summed E-state index contributed by atoms with van der Waals surface area (Å²) >= 11 is 0. The lowest BCUT2D eigenvalue weighted by molar-refractivity contribution is 0.0600. The van der Waals surface area contributed by atoms with Gasteiger partial charge in [-0.25, -0.2) is 13.2 Å². The van der Waals surface area contributed by atoms with Crippen molar-refractivity contribution in [3.05, 3.63) is 28.8 Å². The van der Waals surface area contributed by atoms with E-state index < -0.39 is 16.0 Å². The van der Waals surface area contributed by atoms with Gasteiger partial charge in [0, 0.05) is 45.3 Å². The van der Waals surface area contributed by atoms with Crippen molar-refractivity contribution >= 4 is 16.0 Å². The number of ether oxygens (including phenoxy) is 1. The lowest BCUT2D eigenvalue weighted by Crippen LogP contribution is -2.49. The number of aryl methyl sites for hydroxylation is 1. The van der Waals surface area contributed by atoms with Crippen molar-refractivity contribution in [1.82, 2.24) is 14.5 Å². The second-order valence-electron chi connectivity index (χ2n) is 7.00. The van der Waals surface area contributed by atoms with Gasteiger partial charge in [-0.2, -0.15) is 4.31 Å². The van der Waals surface area contributed by atoms with Crippen LogP contribution >= 0.6 is 0 Å². The molecule has 26 heavy (non-hydrogen) atoms. The van der Waals surface area contributed by atoms with Crippen LogP contribution in [0.15, 0.2) is 17.0 Å². The van der Waals surface area contributed by atoms with Gasteiger partial charge in [0.2, 0.25) is 10.0 Å². The highest BCUT2D eigenvalue weighted by atomic mass is 32.2. The lowest BCUT2D eigenvalue weighted by Gasteiger charge is -2.32. The minimum atomic E-state index is -3.64. The van der Waals surface area contributed by atoms with Crippen LogP contribution in [0, 0.1) is 13.8 Å². The monoisotopic (exact) mass is 381 g/mol. The predicted molar refractivity (Wildman–Crippen MR) is 98.9 cm³/mol. The van der Waals surface area contributed by atoms with Gasteiger partial charge < -0.3 is 10.1 Å². The first-order valence-electron chi connectivity index (χ1n) is 8.99. The molecule has 2 heterocycles. The molecule has 3 rings (SSSR count). The second kappa shape index (κ2) is 7.64. The fraction of sp³-hybridized carbons (Fsp3) is 0.611. The minimum Gasteiger partial charge on any atom is -0.465 e. The fourth-order valence-corrected chi connectivity index (χ4v) is 5.56. The van der Waals surface area contributed by atoms with Gasteiger partial charge in [0.25, 0.3) is 0 Å². The third kappa shape index (κ3) is 3.64. The number of nitrogens with one attached hydrogen (secondary N) is 1. The van der Waals surface area contributed by atoms with E-state index in [-0.39, 0.29) is 16.5 Å². The van der Waals surface area contributed by atoms with Gasteiger partial charge in [0.15, 0.2) is 0 Å². The number of methoxy groups -OCH3 is 1. The van der Waals surface area contributed by atoms with Gasteiger partial charge in [-0.3, -0.25) is 4.90 Å². The van der Waals surface area contributed by atoms with E-state index in [4.69, 9.17) is 4.74 Å². The van der Waals surface area contributed by atoms with Crippen molar-refractivity contribution in [1.29, 1.82) is 0 Å². The molecule has 2 aliphatic heterocycles. The first kappa shape index (κ1) is 19.3. The van der Waals surface area contributed by atoms with Crippen molar-refractivity contribution in [3.63, 3.8) is 0 Å². The van der Waals surface area contributed by atoms with E-state index in [1.54, 1.807) is 17.3 Å². The summed E-state index contributed by atoms with van der Waals surface area (Å²) < 4.78 is 32.8. The summed E-state index contributed by atoms with van der Waals surface area (Å²) in [5.74, 6) is -0.523. The summed E-state index contributed by atoms with van der Waals surface area (Å²) in [6.07, 6.45) is 0.841. The highest BCUT2D eigenvalue weighted by molar-refractivity contribution is 7.89. The van der Waals surface area contributed by atoms with E-state index in [0.717, 1.165) is 38.2 Å². The van der Waals surface area contributed by atoms with Crippen LogP contribution in [0.2, 0.25) is 0 Å². The van der Waals surface area contributed by atoms with Crippen LogP contribution in [0.25, 0.3) is 0 Å². The van der Waals surface area contributed by atoms with E-state index in [1.807, 2.05) is 6.92 Å². The zero-order chi connectivity index (χ0) is 18.9. The summed E-state index contributed by atoms with van der Waals surface area (Å²) in [6, 6.07) is 3.38. The van der Waals surface area contributed by atoms with Crippen molar-refractivity contribution in [2.24, 2.45) is 0 Å². The summed E-state index contributed by atoms with van der Waals surface area (Å²) in [4.78, 5) is 14.5. The Bertz CT molecular complexity index is 788. The second-order valence-corrected chi connectivity index (χ2v) is 8.91. The van der Waals surface area contributed by atoms with Gasteiger partial charge in [0.05, 0.1) is 17.6 Å². The lowest BCUT2D eigenvalue weighted by atomic mass is 10.1. The Morgan fingerprint density at radius 1 is 1.19 bits per heavy atom. The molecule has 0 saturated carbocycles. The van der Waals surface area contributed by atoms with Crippen molar-refractivity contribution in [3.8, 4) is 0 Å². The molecule has 0 bridgehead atoms. The van der Waals surface area contributed by atoms with Crippen molar-refractivity contribution < 1.29 is 17.9 Å². The number of hydrogen-bond donors (Lipinski definition) is 1. The van der Waals surface area contributed by atoms with Crippen LogP contribution in [-0.2, 0) is 14.8 Å². The molecule has 8 heteroatoms. The number of carbonyl (C=O) groups excluding carboxylic acids is 1. The van der Waals surface area contributed by atoms with Gasteiger partial charge in [-0.1, -0.05) is 0 Å². The van der Waals surface area contributed by atoms with Crippen LogP contribution < -0.4 is 5.32 Å². The smallest absolute Gasteiger partial charge is 0.337 e. The number of carbonyl (C=O) groups is 1. The van der Waals surface area contributed by atoms with E-state index >= 15 is 0 Å². The summed E-state index contributed by atoms with van der Waals surface area (Å²) in [5, 5.41) is 3.32. The Balaban J connectivity index is 1.86. The maximum absolute atomic E-state index is 13.2. The molecule has 7 nitrogen and oxygen atoms in total. The molecule has 2 fully saturated rings. The molecule has 1 unspecified atom stereocenters. The maximum Gasteiger partial charge on any atom is 0.337 e. The molecule has 0 amide bonds. The fourth-order valence-electron chi connectivity index (χ4n) is 3.74. The first-order chi connectivity index (χ1) is 12.3. The average molecular weight is 381 g/mol. The van der Waals surface area contributed by atoms with Crippen LogP contribution in [0.1, 0.15) is 27.9 Å². The first-order valence-corrected chi connectivity index (χ1v) is 10.4. The largest absolute Gasteiger partial charge is 0.465 e. The number of hydrogen-bond acceptors (Lipinski definition) is 6. The van der Waals surface area contributed by atoms with E-state index in [2.05, 4.69) is 10.2 Å². The van der Waals surface area contributed by atoms with Crippen molar-refractivity contribution in [2.75, 3.05) is 46.4 Å². The third-order valence-electron chi connectivity index (χ3n) is 5.45. The zero-order valence-electron chi connectivity index (χ0n) is 15.6. The molecule has 2 aliphatic rings. The standard InChI is InChI=1S/C18H27N3O4S/c1-13-10-15(18(22)25-3)11-17(14(13)2)26(23,24)21-7-4-16(12-21)20-8-5-19-6-9-20/h10-11,16,19H,4-9,12H2,1-3H3. The van der Waals surface area contributed by atoms with Crippen LogP contribution in [-0.4, -0.2) is 76.0 Å². The number of benzene rings is 1. The predicted octanol–water partition coefficient (Wildman–Crippen LogP) is 0.758. The Kier molecular flexibility index (Phi) is 5.67. The average Bonchev–Trinajstić information content (AvgIpc) is 3.14. The number of piperazine rings is 1. The maximum atomic E-state index is 13.2. The highest BCUT2D eigenvalue weighted by Crippen LogP contribution is 2.28. The Hall–Kier alpha value is -1.48. The molecule has 1 aromatic carbocycles. The molecule has 144 valence electrons. The van der Waals surface area contributed by atoms with Gasteiger partial charge in [0.1, 0.15) is 0 Å². The van der Waals surface area contributed by atoms with E-state index in [9.17, 15) is 13.2 Å². The van der Waals surface area contributed by atoms with Gasteiger partial charge in [-0.15, -0.1) is 0 Å². The van der Waals surface area contributed by atoms with Gasteiger partial charge >= 0.3 is 5.97 Å². The Labute approximate surface area is 155 Å².